The summed E-state index contributed by atoms with van der Waals surface area (Å²) in [4.78, 5) is 11.7. The van der Waals surface area contributed by atoms with Gasteiger partial charge in [0, 0.05) is 11.8 Å². The summed E-state index contributed by atoms with van der Waals surface area (Å²) in [5.41, 5.74) is 0. The number of carbonyl (C=O) groups is 1. The second-order valence-corrected chi connectivity index (χ2v) is 4.12. The van der Waals surface area contributed by atoms with Crippen molar-refractivity contribution in [3.8, 4) is 0 Å². The molecule has 1 saturated heterocycles. The maximum Gasteiger partial charge on any atom is 0.314 e. The number of hydrogen-bond donors (Lipinski definition) is 0. The molecule has 0 saturated carbocycles. The van der Waals surface area contributed by atoms with Gasteiger partial charge in [-0.05, 0) is 6.08 Å². The molecule has 1 aliphatic heterocycles. The van der Waals surface area contributed by atoms with Crippen molar-refractivity contribution in [1.29, 1.82) is 0 Å². The van der Waals surface area contributed by atoms with Crippen LogP contribution in [0.5, 0.6) is 0 Å². The monoisotopic (exact) mass is 200 g/mol. The van der Waals surface area contributed by atoms with Gasteiger partial charge in [-0.1, -0.05) is 42.5 Å². The van der Waals surface area contributed by atoms with Crippen molar-refractivity contribution < 1.29 is 9.53 Å². The van der Waals surface area contributed by atoms with Crippen LogP contribution >= 0.6 is 0 Å². The highest BCUT2D eigenvalue weighted by Crippen LogP contribution is 2.38. The molecule has 2 heteroatoms. The van der Waals surface area contributed by atoms with Crippen LogP contribution in [0, 0.1) is 17.8 Å². The van der Waals surface area contributed by atoms with E-state index >= 15 is 0 Å². The molecule has 0 radical (unpaired) electrons. The minimum absolute atomic E-state index is 0.0695. The third kappa shape index (κ3) is 1.29. The molecule has 1 fully saturated rings. The zero-order chi connectivity index (χ0) is 10.3. The minimum Gasteiger partial charge on any atom is -0.457 e. The van der Waals surface area contributed by atoms with Crippen molar-refractivity contribution in [2.24, 2.45) is 17.8 Å². The molecule has 3 rings (SSSR count). The molecule has 0 N–H and O–H groups in total. The predicted octanol–water partition coefficient (Wildman–Crippen LogP) is 2.01. The lowest BCUT2D eigenvalue weighted by molar-refractivity contribution is -0.161. The summed E-state index contributed by atoms with van der Waals surface area (Å²) in [5, 5.41) is 0. The molecular formula is C13H12O2. The quantitative estimate of drug-likeness (QED) is 0.559. The Kier molecular flexibility index (Phi) is 1.88. The van der Waals surface area contributed by atoms with Gasteiger partial charge in [0.05, 0.1) is 5.92 Å². The van der Waals surface area contributed by atoms with Gasteiger partial charge in [-0.2, -0.15) is 0 Å². The van der Waals surface area contributed by atoms with Crippen LogP contribution in [0.15, 0.2) is 48.6 Å². The molecule has 0 spiro atoms. The van der Waals surface area contributed by atoms with E-state index in [2.05, 4.69) is 12.2 Å². The Morgan fingerprint density at radius 2 is 1.53 bits per heavy atom. The molecule has 3 aliphatic rings. The van der Waals surface area contributed by atoms with Crippen LogP contribution in [0.3, 0.4) is 0 Å². The molecule has 2 nitrogen and oxygen atoms in total. The predicted molar refractivity (Wildman–Crippen MR) is 56.9 cm³/mol. The lowest BCUT2D eigenvalue weighted by Crippen LogP contribution is -2.43. The fourth-order valence-corrected chi connectivity index (χ4v) is 2.51. The van der Waals surface area contributed by atoms with Crippen molar-refractivity contribution >= 4 is 5.97 Å². The Morgan fingerprint density at radius 1 is 0.867 bits per heavy atom. The molecule has 4 unspecified atom stereocenters. The second-order valence-electron chi connectivity index (χ2n) is 4.12. The first-order valence-corrected chi connectivity index (χ1v) is 5.27. The van der Waals surface area contributed by atoms with E-state index in [4.69, 9.17) is 4.74 Å². The van der Waals surface area contributed by atoms with Gasteiger partial charge in [-0.25, -0.2) is 0 Å². The Labute approximate surface area is 88.6 Å². The number of esters is 1. The highest BCUT2D eigenvalue weighted by atomic mass is 16.5. The zero-order valence-corrected chi connectivity index (χ0v) is 8.24. The van der Waals surface area contributed by atoms with E-state index in [-0.39, 0.29) is 23.9 Å². The average molecular weight is 200 g/mol. The van der Waals surface area contributed by atoms with E-state index < -0.39 is 0 Å². The third-order valence-corrected chi connectivity index (χ3v) is 3.27. The minimum atomic E-state index is -0.0956. The summed E-state index contributed by atoms with van der Waals surface area (Å²) in [6.07, 6.45) is 16.0. The van der Waals surface area contributed by atoms with Gasteiger partial charge in [0.2, 0.25) is 0 Å². The second kappa shape index (κ2) is 3.23. The first-order chi connectivity index (χ1) is 7.36. The topological polar surface area (TPSA) is 26.3 Å². The Morgan fingerprint density at radius 3 is 2.40 bits per heavy atom. The van der Waals surface area contributed by atoms with Crippen LogP contribution in [0.1, 0.15) is 0 Å². The van der Waals surface area contributed by atoms with E-state index in [0.717, 1.165) is 0 Å². The van der Waals surface area contributed by atoms with Gasteiger partial charge in [0.15, 0.2) is 0 Å². The molecule has 0 aromatic rings. The summed E-state index contributed by atoms with van der Waals surface area (Å²) in [5.74, 6) is 0.385. The fraction of sp³-hybridized carbons (Fsp3) is 0.308. The first-order valence-electron chi connectivity index (χ1n) is 5.27. The molecule has 76 valence electrons. The molecule has 0 bridgehead atoms. The van der Waals surface area contributed by atoms with Crippen LogP contribution in [-0.4, -0.2) is 12.1 Å². The van der Waals surface area contributed by atoms with Crippen LogP contribution < -0.4 is 0 Å². The molecule has 0 aromatic carbocycles. The number of allylic oxidation sites excluding steroid dienone is 5. The van der Waals surface area contributed by atoms with E-state index in [9.17, 15) is 4.79 Å². The fourth-order valence-electron chi connectivity index (χ4n) is 2.51. The van der Waals surface area contributed by atoms with Crippen LogP contribution in [0.2, 0.25) is 0 Å². The zero-order valence-electron chi connectivity index (χ0n) is 8.24. The summed E-state index contributed by atoms with van der Waals surface area (Å²) in [6.45, 7) is 0. The highest BCUT2D eigenvalue weighted by Gasteiger charge is 2.42. The van der Waals surface area contributed by atoms with Gasteiger partial charge >= 0.3 is 5.97 Å². The largest absolute Gasteiger partial charge is 0.457 e. The number of rotatable bonds is 0. The smallest absolute Gasteiger partial charge is 0.314 e. The molecule has 15 heavy (non-hydrogen) atoms. The number of carbonyl (C=O) groups excluding carboxylic acids is 1. The van der Waals surface area contributed by atoms with Crippen LogP contribution in [0.25, 0.3) is 0 Å². The Hall–Kier alpha value is -1.57. The SMILES string of the molecule is O=C1OC2C=CC=CC2C2C=CC=CC12. The summed E-state index contributed by atoms with van der Waals surface area (Å²) >= 11 is 0. The summed E-state index contributed by atoms with van der Waals surface area (Å²) in [7, 11) is 0. The number of hydrogen-bond acceptors (Lipinski definition) is 2. The van der Waals surface area contributed by atoms with Gasteiger partial charge in [-0.3, -0.25) is 4.79 Å². The number of fused-ring (bicyclic) bond motifs is 3. The van der Waals surface area contributed by atoms with E-state index in [0.29, 0.717) is 5.92 Å². The van der Waals surface area contributed by atoms with E-state index in [1.54, 1.807) is 0 Å². The van der Waals surface area contributed by atoms with E-state index in [1.807, 2.05) is 36.5 Å². The van der Waals surface area contributed by atoms with Crippen LogP contribution in [0.4, 0.5) is 0 Å². The molecule has 2 aliphatic carbocycles. The van der Waals surface area contributed by atoms with Gasteiger partial charge in [-0.15, -0.1) is 0 Å². The highest BCUT2D eigenvalue weighted by molar-refractivity contribution is 5.77. The Balaban J connectivity index is 1.97. The Bertz CT molecular complexity index is 401. The van der Waals surface area contributed by atoms with E-state index in [1.165, 1.54) is 0 Å². The maximum atomic E-state index is 11.7. The van der Waals surface area contributed by atoms with Gasteiger partial charge in [0.1, 0.15) is 6.10 Å². The van der Waals surface area contributed by atoms with Crippen molar-refractivity contribution in [1.82, 2.24) is 0 Å². The van der Waals surface area contributed by atoms with Crippen molar-refractivity contribution in [2.75, 3.05) is 0 Å². The molecule has 4 atom stereocenters. The van der Waals surface area contributed by atoms with Crippen LogP contribution in [-0.2, 0) is 9.53 Å². The summed E-state index contributed by atoms with van der Waals surface area (Å²) < 4.78 is 5.40. The first kappa shape index (κ1) is 8.72. The molecule has 0 amide bonds. The van der Waals surface area contributed by atoms with Gasteiger partial charge in [0.25, 0.3) is 0 Å². The molecule has 0 aromatic heterocycles. The standard InChI is InChI=1S/C13H12O2/c14-13-11-7-2-1-5-9(11)10-6-3-4-8-12(10)15-13/h1-12H. The van der Waals surface area contributed by atoms with Crippen molar-refractivity contribution in [2.45, 2.75) is 6.10 Å². The average Bonchev–Trinajstić information content (AvgIpc) is 2.30. The van der Waals surface area contributed by atoms with Gasteiger partial charge < -0.3 is 4.74 Å². The lowest BCUT2D eigenvalue weighted by Gasteiger charge is -2.39. The lowest BCUT2D eigenvalue weighted by atomic mass is 9.73. The molecular weight excluding hydrogens is 188 g/mol. The number of ether oxygens (including phenoxy) is 1. The normalized spacial score (nSPS) is 40.9. The van der Waals surface area contributed by atoms with Crippen molar-refractivity contribution in [3.63, 3.8) is 0 Å². The third-order valence-electron chi connectivity index (χ3n) is 3.27. The van der Waals surface area contributed by atoms with Crippen molar-refractivity contribution in [3.05, 3.63) is 48.6 Å². The molecule has 1 heterocycles. The maximum absolute atomic E-state index is 11.7. The summed E-state index contributed by atoms with van der Waals surface area (Å²) in [6, 6.07) is 0.